The molecule has 0 spiro atoms. The molecular weight excluding hydrogens is 232 g/mol. The monoisotopic (exact) mass is 248 g/mol. The quantitative estimate of drug-likeness (QED) is 0.552. The number of hydrogen-bond acceptors (Lipinski definition) is 3. The molecule has 6 heteroatoms. The van der Waals surface area contributed by atoms with E-state index >= 15 is 0 Å². The normalized spacial score (nSPS) is 28.3. The minimum Gasteiger partial charge on any atom is -0.359 e. The van der Waals surface area contributed by atoms with Gasteiger partial charge in [-0.1, -0.05) is 6.08 Å². The minimum atomic E-state index is -2.89. The maximum Gasteiger partial charge on any atom is 0.166 e. The molecule has 0 aromatic heterocycles. The average molecular weight is 248 g/mol. The second-order valence-electron chi connectivity index (χ2n) is 4.03. The van der Waals surface area contributed by atoms with Crippen molar-refractivity contribution in [3.8, 4) is 0 Å². The van der Waals surface area contributed by atoms with Crippen molar-refractivity contribution in [2.45, 2.75) is 18.9 Å². The first-order valence-electron chi connectivity index (χ1n) is 4.74. The molecule has 0 bridgehead atoms. The van der Waals surface area contributed by atoms with Crippen molar-refractivity contribution in [2.24, 2.45) is 0 Å². The van der Waals surface area contributed by atoms with E-state index < -0.39 is 15.4 Å². The van der Waals surface area contributed by atoms with E-state index in [0.717, 1.165) is 0 Å². The Hall–Kier alpha value is -0.620. The molecule has 2 N–H and O–H groups in total. The van der Waals surface area contributed by atoms with Crippen LogP contribution in [0, 0.1) is 0 Å². The molecule has 1 aliphatic rings. The molecule has 0 aromatic carbocycles. The summed E-state index contributed by atoms with van der Waals surface area (Å²) >= 11 is 5.04. The van der Waals surface area contributed by atoms with Crippen molar-refractivity contribution in [1.82, 2.24) is 10.6 Å². The van der Waals surface area contributed by atoms with Crippen LogP contribution in [0.4, 0.5) is 0 Å². The van der Waals surface area contributed by atoms with Crippen LogP contribution in [-0.2, 0) is 9.84 Å². The van der Waals surface area contributed by atoms with Gasteiger partial charge in [-0.3, -0.25) is 0 Å². The summed E-state index contributed by atoms with van der Waals surface area (Å²) in [5, 5.41) is 6.44. The summed E-state index contributed by atoms with van der Waals surface area (Å²) in [4.78, 5) is 0. The third-order valence-corrected chi connectivity index (χ3v) is 4.48. The molecule has 15 heavy (non-hydrogen) atoms. The van der Waals surface area contributed by atoms with Crippen LogP contribution in [0.15, 0.2) is 12.7 Å². The second kappa shape index (κ2) is 4.49. The van der Waals surface area contributed by atoms with Gasteiger partial charge in [0.25, 0.3) is 0 Å². The van der Waals surface area contributed by atoms with E-state index in [1.54, 1.807) is 6.08 Å². The maximum atomic E-state index is 11.3. The molecule has 0 saturated carbocycles. The topological polar surface area (TPSA) is 58.2 Å². The van der Waals surface area contributed by atoms with E-state index in [2.05, 4.69) is 17.2 Å². The van der Waals surface area contributed by atoms with Gasteiger partial charge in [0, 0.05) is 6.54 Å². The summed E-state index contributed by atoms with van der Waals surface area (Å²) in [5.74, 6) is 0.385. The molecule has 1 rings (SSSR count). The van der Waals surface area contributed by atoms with E-state index in [-0.39, 0.29) is 11.5 Å². The summed E-state index contributed by atoms with van der Waals surface area (Å²) in [6, 6.07) is 0. The van der Waals surface area contributed by atoms with E-state index in [1.807, 2.05) is 6.92 Å². The van der Waals surface area contributed by atoms with Gasteiger partial charge in [0.1, 0.15) is 0 Å². The van der Waals surface area contributed by atoms with Crippen LogP contribution in [0.2, 0.25) is 0 Å². The smallest absolute Gasteiger partial charge is 0.166 e. The van der Waals surface area contributed by atoms with Gasteiger partial charge in [-0.25, -0.2) is 8.42 Å². The van der Waals surface area contributed by atoms with E-state index in [0.29, 0.717) is 18.1 Å². The summed E-state index contributed by atoms with van der Waals surface area (Å²) in [6.07, 6.45) is 2.30. The molecule has 1 saturated heterocycles. The van der Waals surface area contributed by atoms with Gasteiger partial charge in [0.15, 0.2) is 14.9 Å². The highest BCUT2D eigenvalue weighted by Gasteiger charge is 2.38. The number of hydrogen-bond donors (Lipinski definition) is 2. The number of thiocarbonyl (C=S) groups is 1. The molecule has 4 nitrogen and oxygen atoms in total. The van der Waals surface area contributed by atoms with E-state index in [9.17, 15) is 8.42 Å². The highest BCUT2D eigenvalue weighted by Crippen LogP contribution is 2.22. The zero-order chi connectivity index (χ0) is 11.5. The molecule has 0 aromatic rings. The van der Waals surface area contributed by atoms with Crippen LogP contribution >= 0.6 is 12.2 Å². The van der Waals surface area contributed by atoms with Crippen molar-refractivity contribution in [2.75, 3.05) is 18.1 Å². The molecule has 1 fully saturated rings. The number of nitrogens with one attached hydrogen (secondary N) is 2. The molecule has 1 atom stereocenters. The number of sulfone groups is 1. The zero-order valence-electron chi connectivity index (χ0n) is 8.75. The van der Waals surface area contributed by atoms with Gasteiger partial charge >= 0.3 is 0 Å². The lowest BCUT2D eigenvalue weighted by molar-refractivity contribution is 0.469. The summed E-state index contributed by atoms with van der Waals surface area (Å²) in [7, 11) is -2.89. The average Bonchev–Trinajstić information content (AvgIpc) is 2.37. The van der Waals surface area contributed by atoms with E-state index in [4.69, 9.17) is 12.2 Å². The van der Waals surface area contributed by atoms with Gasteiger partial charge in [-0.2, -0.15) is 0 Å². The van der Waals surface area contributed by atoms with Crippen molar-refractivity contribution in [3.05, 3.63) is 12.7 Å². The molecular formula is C9H16N2O2S2. The molecule has 0 unspecified atom stereocenters. The van der Waals surface area contributed by atoms with Crippen molar-refractivity contribution in [1.29, 1.82) is 0 Å². The molecule has 1 heterocycles. The third-order valence-electron chi connectivity index (χ3n) is 2.33. The molecule has 0 aliphatic carbocycles. The van der Waals surface area contributed by atoms with Crippen molar-refractivity contribution >= 4 is 27.2 Å². The largest absolute Gasteiger partial charge is 0.359 e. The lowest BCUT2D eigenvalue weighted by Crippen LogP contribution is -2.50. The van der Waals surface area contributed by atoms with Crippen LogP contribution in [0.1, 0.15) is 13.3 Å². The first kappa shape index (κ1) is 12.4. The van der Waals surface area contributed by atoms with Crippen LogP contribution < -0.4 is 10.6 Å². The Morgan fingerprint density at radius 2 is 2.33 bits per heavy atom. The van der Waals surface area contributed by atoms with Crippen molar-refractivity contribution in [3.63, 3.8) is 0 Å². The third kappa shape index (κ3) is 3.79. The zero-order valence-corrected chi connectivity index (χ0v) is 10.4. The lowest BCUT2D eigenvalue weighted by atomic mass is 10.0. The van der Waals surface area contributed by atoms with Gasteiger partial charge in [-0.15, -0.1) is 6.58 Å². The maximum absolute atomic E-state index is 11.3. The SMILES string of the molecule is C=CCNC(=S)N[C@@]1(C)CCS(=O)(=O)C1. The molecule has 0 radical (unpaired) electrons. The second-order valence-corrected chi connectivity index (χ2v) is 6.62. The fourth-order valence-electron chi connectivity index (χ4n) is 1.59. The summed E-state index contributed by atoms with van der Waals surface area (Å²) < 4.78 is 22.6. The Labute approximate surface area is 96.0 Å². The fourth-order valence-corrected chi connectivity index (χ4v) is 4.02. The van der Waals surface area contributed by atoms with E-state index in [1.165, 1.54) is 0 Å². The van der Waals surface area contributed by atoms with Crippen molar-refractivity contribution < 1.29 is 8.42 Å². The van der Waals surface area contributed by atoms with Crippen LogP contribution in [0.5, 0.6) is 0 Å². The Balaban J connectivity index is 2.51. The standard InChI is InChI=1S/C9H16N2O2S2/c1-3-5-10-8(14)11-9(2)4-6-15(12,13)7-9/h3H,1,4-7H2,2H3,(H2,10,11,14)/t9-/m0/s1. The van der Waals surface area contributed by atoms with Gasteiger partial charge in [-0.05, 0) is 25.6 Å². The van der Waals surface area contributed by atoms with Crippen LogP contribution in [-0.4, -0.2) is 37.1 Å². The lowest BCUT2D eigenvalue weighted by Gasteiger charge is -2.25. The highest BCUT2D eigenvalue weighted by molar-refractivity contribution is 7.91. The predicted octanol–water partition coefficient (Wildman–Crippen LogP) is 0.214. The Morgan fingerprint density at radius 1 is 1.67 bits per heavy atom. The molecule has 1 aliphatic heterocycles. The molecule has 0 amide bonds. The fraction of sp³-hybridized carbons (Fsp3) is 0.667. The van der Waals surface area contributed by atoms with Crippen LogP contribution in [0.25, 0.3) is 0 Å². The first-order chi connectivity index (χ1) is 6.87. The predicted molar refractivity (Wildman–Crippen MR) is 65.6 cm³/mol. The van der Waals surface area contributed by atoms with Gasteiger partial charge < -0.3 is 10.6 Å². The summed E-state index contributed by atoms with van der Waals surface area (Å²) in [6.45, 7) is 6.01. The minimum absolute atomic E-state index is 0.149. The number of rotatable bonds is 3. The first-order valence-corrected chi connectivity index (χ1v) is 6.97. The van der Waals surface area contributed by atoms with Crippen LogP contribution in [0.3, 0.4) is 0 Å². The van der Waals surface area contributed by atoms with Gasteiger partial charge in [0.05, 0.1) is 17.0 Å². The van der Waals surface area contributed by atoms with Gasteiger partial charge in [0.2, 0.25) is 0 Å². The molecule has 86 valence electrons. The Bertz CT molecular complexity index is 364. The highest BCUT2D eigenvalue weighted by atomic mass is 32.2. The Kier molecular flexibility index (Phi) is 3.72. The summed E-state index contributed by atoms with van der Waals surface area (Å²) in [5.41, 5.74) is -0.427. The Morgan fingerprint density at radius 3 is 2.80 bits per heavy atom.